The van der Waals surface area contributed by atoms with E-state index in [0.717, 1.165) is 47.8 Å². The number of carbonyl (C=O) groups excluding carboxylic acids is 1. The second-order valence-electron chi connectivity index (χ2n) is 7.69. The number of nitrogens with zero attached hydrogens (tertiary/aromatic N) is 3. The lowest BCUT2D eigenvalue weighted by Gasteiger charge is -2.32. The van der Waals surface area contributed by atoms with Gasteiger partial charge in [0.2, 0.25) is 5.91 Å². The molecule has 1 fully saturated rings. The zero-order chi connectivity index (χ0) is 20.9. The molecule has 3 aromatic rings. The molecule has 1 atom stereocenters. The number of piperidine rings is 1. The molecule has 0 aromatic carbocycles. The Morgan fingerprint density at radius 2 is 2.17 bits per heavy atom. The maximum absolute atomic E-state index is 12.6. The van der Waals surface area contributed by atoms with Crippen LogP contribution in [0.15, 0.2) is 59.4 Å². The van der Waals surface area contributed by atoms with Gasteiger partial charge in [0.15, 0.2) is 0 Å². The highest BCUT2D eigenvalue weighted by molar-refractivity contribution is 5.91. The molecule has 1 aliphatic rings. The second-order valence-corrected chi connectivity index (χ2v) is 7.69. The first kappa shape index (κ1) is 19.9. The zero-order valence-electron chi connectivity index (χ0n) is 17.3. The van der Waals surface area contributed by atoms with Crippen LogP contribution in [-0.4, -0.2) is 33.9 Å². The average Bonchev–Trinajstić information content (AvgIpc) is 3.27. The number of rotatable bonds is 5. The molecule has 0 spiro atoms. The van der Waals surface area contributed by atoms with E-state index >= 15 is 0 Å². The fraction of sp³-hybridized carbons (Fsp3) is 0.292. The van der Waals surface area contributed by atoms with Gasteiger partial charge in [0, 0.05) is 48.4 Å². The molecule has 4 heterocycles. The lowest BCUT2D eigenvalue weighted by atomic mass is 9.93. The second kappa shape index (κ2) is 8.95. The smallest absolute Gasteiger partial charge is 0.246 e. The fourth-order valence-corrected chi connectivity index (χ4v) is 3.79. The van der Waals surface area contributed by atoms with Crippen LogP contribution in [0.25, 0.3) is 6.08 Å². The van der Waals surface area contributed by atoms with Gasteiger partial charge in [0.1, 0.15) is 11.6 Å². The number of furan rings is 1. The molecular formula is C24H26N4O2. The Morgan fingerprint density at radius 3 is 2.97 bits per heavy atom. The Labute approximate surface area is 176 Å². The number of hydrogen-bond acceptors (Lipinski definition) is 5. The minimum absolute atomic E-state index is 0.00575. The molecule has 30 heavy (non-hydrogen) atoms. The predicted octanol–water partition coefficient (Wildman–Crippen LogP) is 4.85. The van der Waals surface area contributed by atoms with Gasteiger partial charge in [-0.05, 0) is 68.7 Å². The van der Waals surface area contributed by atoms with Crippen molar-refractivity contribution in [2.24, 2.45) is 0 Å². The average molecular weight is 402 g/mol. The molecular weight excluding hydrogens is 376 g/mol. The van der Waals surface area contributed by atoms with Gasteiger partial charge in [-0.1, -0.05) is 6.07 Å². The van der Waals surface area contributed by atoms with Gasteiger partial charge in [-0.3, -0.25) is 9.78 Å². The van der Waals surface area contributed by atoms with E-state index in [4.69, 9.17) is 9.40 Å². The summed E-state index contributed by atoms with van der Waals surface area (Å²) in [6.45, 7) is 5.46. The minimum atomic E-state index is 0.00575. The van der Waals surface area contributed by atoms with Gasteiger partial charge < -0.3 is 14.6 Å². The van der Waals surface area contributed by atoms with Crippen LogP contribution in [0.2, 0.25) is 0 Å². The van der Waals surface area contributed by atoms with E-state index in [2.05, 4.69) is 16.4 Å². The zero-order valence-corrected chi connectivity index (χ0v) is 17.3. The fourth-order valence-electron chi connectivity index (χ4n) is 3.79. The van der Waals surface area contributed by atoms with Gasteiger partial charge in [-0.25, -0.2) is 4.98 Å². The lowest BCUT2D eigenvalue weighted by molar-refractivity contribution is -0.127. The number of amides is 1. The van der Waals surface area contributed by atoms with E-state index in [-0.39, 0.29) is 11.8 Å². The summed E-state index contributed by atoms with van der Waals surface area (Å²) < 4.78 is 5.27. The van der Waals surface area contributed by atoms with Crippen molar-refractivity contribution in [3.8, 4) is 0 Å². The third-order valence-electron chi connectivity index (χ3n) is 5.33. The summed E-state index contributed by atoms with van der Waals surface area (Å²) >= 11 is 0. The summed E-state index contributed by atoms with van der Waals surface area (Å²) in [4.78, 5) is 23.7. The Morgan fingerprint density at radius 1 is 1.27 bits per heavy atom. The maximum atomic E-state index is 12.6. The predicted molar refractivity (Wildman–Crippen MR) is 118 cm³/mol. The van der Waals surface area contributed by atoms with Gasteiger partial charge in [0.25, 0.3) is 0 Å². The van der Waals surface area contributed by atoms with E-state index in [1.54, 1.807) is 24.6 Å². The van der Waals surface area contributed by atoms with Crippen molar-refractivity contribution in [3.05, 3.63) is 77.6 Å². The molecule has 154 valence electrons. The topological polar surface area (TPSA) is 71.3 Å². The van der Waals surface area contributed by atoms with Crippen molar-refractivity contribution in [1.29, 1.82) is 0 Å². The molecule has 4 rings (SSSR count). The number of aromatic nitrogens is 2. The van der Waals surface area contributed by atoms with Crippen LogP contribution in [0.5, 0.6) is 0 Å². The van der Waals surface area contributed by atoms with Gasteiger partial charge in [-0.15, -0.1) is 0 Å². The highest BCUT2D eigenvalue weighted by atomic mass is 16.3. The van der Waals surface area contributed by atoms with E-state index in [9.17, 15) is 4.79 Å². The Bertz CT molecular complexity index is 1040. The monoisotopic (exact) mass is 402 g/mol. The summed E-state index contributed by atoms with van der Waals surface area (Å²) in [5.41, 5.74) is 4.02. The largest absolute Gasteiger partial charge is 0.465 e. The molecule has 0 aliphatic carbocycles. The number of pyridine rings is 2. The van der Waals surface area contributed by atoms with Crippen molar-refractivity contribution in [1.82, 2.24) is 14.9 Å². The highest BCUT2D eigenvalue weighted by Crippen LogP contribution is 2.29. The van der Waals surface area contributed by atoms with E-state index in [1.807, 2.05) is 49.1 Å². The van der Waals surface area contributed by atoms with Crippen molar-refractivity contribution >= 4 is 23.5 Å². The van der Waals surface area contributed by atoms with Crippen molar-refractivity contribution < 1.29 is 9.21 Å². The molecule has 1 aliphatic heterocycles. The summed E-state index contributed by atoms with van der Waals surface area (Å²) in [7, 11) is 0. The Kier molecular flexibility index (Phi) is 5.93. The van der Waals surface area contributed by atoms with E-state index < -0.39 is 0 Å². The van der Waals surface area contributed by atoms with E-state index in [0.29, 0.717) is 12.3 Å². The van der Waals surface area contributed by atoms with Crippen molar-refractivity contribution in [3.63, 3.8) is 0 Å². The minimum Gasteiger partial charge on any atom is -0.465 e. The molecule has 0 saturated carbocycles. The Balaban J connectivity index is 1.48. The number of likely N-dealkylation sites (tertiary alicyclic amines) is 1. The molecule has 6 nitrogen and oxygen atoms in total. The molecule has 1 unspecified atom stereocenters. The first-order valence-corrected chi connectivity index (χ1v) is 10.3. The third kappa shape index (κ3) is 4.76. The number of aryl methyl sites for hydroxylation is 2. The molecule has 1 amide bonds. The number of anilines is 2. The lowest BCUT2D eigenvalue weighted by Crippen LogP contribution is -2.38. The number of nitrogens with one attached hydrogen (secondary N) is 1. The van der Waals surface area contributed by atoms with Gasteiger partial charge >= 0.3 is 0 Å². The molecule has 0 radical (unpaired) electrons. The first-order chi connectivity index (χ1) is 14.6. The standard InChI is InChI=1S/C24H26N4O2/c1-17-6-3-11-25-24(17)27-20-14-18(2)26-22(15-20)19-7-4-12-28(16-19)23(29)10-9-21-8-5-13-30-21/h3,5-6,8-11,13-15,19H,4,7,12,16H2,1-2H3,(H,25,26,27)/b10-9+. The molecule has 3 aromatic heterocycles. The van der Waals surface area contributed by atoms with Crippen LogP contribution in [0.4, 0.5) is 11.5 Å². The molecule has 1 N–H and O–H groups in total. The van der Waals surface area contributed by atoms with Gasteiger partial charge in [-0.2, -0.15) is 0 Å². The van der Waals surface area contributed by atoms with Gasteiger partial charge in [0.05, 0.1) is 6.26 Å². The van der Waals surface area contributed by atoms with Crippen molar-refractivity contribution in [2.45, 2.75) is 32.6 Å². The molecule has 0 bridgehead atoms. The quantitative estimate of drug-likeness (QED) is 0.618. The number of carbonyl (C=O) groups is 1. The van der Waals surface area contributed by atoms with E-state index in [1.165, 1.54) is 0 Å². The third-order valence-corrected chi connectivity index (χ3v) is 5.33. The SMILES string of the molecule is Cc1cc(Nc2ncccc2C)cc(C2CCCN(C(=O)/C=C/c3ccco3)C2)n1. The first-order valence-electron chi connectivity index (χ1n) is 10.3. The number of hydrogen-bond donors (Lipinski definition) is 1. The summed E-state index contributed by atoms with van der Waals surface area (Å²) in [6.07, 6.45) is 8.66. The molecule has 6 heteroatoms. The normalized spacial score (nSPS) is 16.7. The van der Waals surface area contributed by atoms with Crippen LogP contribution in [0.3, 0.4) is 0 Å². The van der Waals surface area contributed by atoms with Crippen LogP contribution < -0.4 is 5.32 Å². The Hall–Kier alpha value is -3.41. The maximum Gasteiger partial charge on any atom is 0.246 e. The summed E-state index contributed by atoms with van der Waals surface area (Å²) in [5.74, 6) is 1.74. The van der Waals surface area contributed by atoms with Crippen LogP contribution in [0, 0.1) is 13.8 Å². The van der Waals surface area contributed by atoms with Crippen molar-refractivity contribution in [2.75, 3.05) is 18.4 Å². The molecule has 1 saturated heterocycles. The highest BCUT2D eigenvalue weighted by Gasteiger charge is 2.25. The summed E-state index contributed by atoms with van der Waals surface area (Å²) in [5, 5.41) is 3.41. The van der Waals surface area contributed by atoms with Crippen LogP contribution in [0.1, 0.15) is 41.5 Å². The summed E-state index contributed by atoms with van der Waals surface area (Å²) in [6, 6.07) is 11.7. The van der Waals surface area contributed by atoms with Crippen LogP contribution in [-0.2, 0) is 4.79 Å². The van der Waals surface area contributed by atoms with Crippen LogP contribution >= 0.6 is 0 Å².